The fraction of sp³-hybridized carbons (Fsp3) is 0.263. The van der Waals surface area contributed by atoms with E-state index >= 15 is 0 Å². The molecule has 24 heavy (non-hydrogen) atoms. The molecule has 0 bridgehead atoms. The molecule has 1 atom stereocenters. The number of aromatic nitrogens is 2. The van der Waals surface area contributed by atoms with Crippen molar-refractivity contribution in [1.29, 1.82) is 0 Å². The Hall–Kier alpha value is -2.27. The summed E-state index contributed by atoms with van der Waals surface area (Å²) in [6, 6.07) is 14.8. The maximum atomic E-state index is 12.7. The molecule has 3 aromatic rings. The molecule has 0 aliphatic carbocycles. The summed E-state index contributed by atoms with van der Waals surface area (Å²) in [6.45, 7) is 6.11. The standard InChI is InChI=1S/C19H19N3OS/c1-11(2)22-18-16(19(23)21-22)17(24-12(3)20-18)15-10-6-8-13-7-4-5-9-14(13)15/h4-11,17H,1-3H3,(H,21,23). The maximum absolute atomic E-state index is 12.7. The van der Waals surface area contributed by atoms with Crippen LogP contribution in [0.1, 0.15) is 43.2 Å². The van der Waals surface area contributed by atoms with Gasteiger partial charge in [-0.05, 0) is 37.1 Å². The Kier molecular flexibility index (Phi) is 3.61. The molecule has 0 saturated carbocycles. The van der Waals surface area contributed by atoms with Gasteiger partial charge in [0.2, 0.25) is 0 Å². The monoisotopic (exact) mass is 337 g/mol. The minimum Gasteiger partial charge on any atom is -0.268 e. The van der Waals surface area contributed by atoms with Crippen LogP contribution in [0.3, 0.4) is 0 Å². The molecule has 1 N–H and O–H groups in total. The highest BCUT2D eigenvalue weighted by Gasteiger charge is 2.31. The maximum Gasteiger partial charge on any atom is 0.271 e. The molecule has 5 heteroatoms. The molecule has 2 heterocycles. The Bertz CT molecular complexity index is 1010. The number of aromatic amines is 1. The quantitative estimate of drug-likeness (QED) is 0.730. The predicted molar refractivity (Wildman–Crippen MR) is 102 cm³/mol. The molecule has 0 fully saturated rings. The minimum absolute atomic E-state index is 0.0349. The summed E-state index contributed by atoms with van der Waals surface area (Å²) in [6.07, 6.45) is 0. The molecule has 0 saturated heterocycles. The van der Waals surface area contributed by atoms with Gasteiger partial charge in [-0.3, -0.25) is 14.6 Å². The smallest absolute Gasteiger partial charge is 0.268 e. The van der Waals surface area contributed by atoms with E-state index in [-0.39, 0.29) is 16.9 Å². The number of fused-ring (bicyclic) bond motifs is 2. The average molecular weight is 337 g/mol. The summed E-state index contributed by atoms with van der Waals surface area (Å²) in [4.78, 5) is 17.3. The van der Waals surface area contributed by atoms with Gasteiger partial charge in [0.15, 0.2) is 5.82 Å². The zero-order valence-corrected chi connectivity index (χ0v) is 14.7. The lowest BCUT2D eigenvalue weighted by Gasteiger charge is -2.22. The Morgan fingerprint density at radius 1 is 1.17 bits per heavy atom. The van der Waals surface area contributed by atoms with Crippen molar-refractivity contribution in [1.82, 2.24) is 9.78 Å². The molecule has 1 aliphatic heterocycles. The summed E-state index contributed by atoms with van der Waals surface area (Å²) in [5, 5.41) is 6.29. The van der Waals surface area contributed by atoms with Crippen molar-refractivity contribution in [2.75, 3.05) is 0 Å². The highest BCUT2D eigenvalue weighted by Crippen LogP contribution is 2.45. The van der Waals surface area contributed by atoms with Gasteiger partial charge in [-0.15, -0.1) is 0 Å². The van der Waals surface area contributed by atoms with Gasteiger partial charge in [-0.1, -0.05) is 54.2 Å². The third-order valence-corrected chi connectivity index (χ3v) is 5.53. The van der Waals surface area contributed by atoms with E-state index in [1.165, 1.54) is 16.3 Å². The molecule has 1 aliphatic rings. The van der Waals surface area contributed by atoms with Crippen LogP contribution >= 0.6 is 11.8 Å². The molecule has 0 radical (unpaired) electrons. The number of nitrogens with zero attached hydrogens (tertiary/aromatic N) is 2. The fourth-order valence-corrected chi connectivity index (χ4v) is 4.42. The van der Waals surface area contributed by atoms with Crippen LogP contribution < -0.4 is 5.56 Å². The number of hydrogen-bond acceptors (Lipinski definition) is 3. The van der Waals surface area contributed by atoms with Gasteiger partial charge in [0.25, 0.3) is 5.56 Å². The molecule has 1 aromatic heterocycles. The molecule has 122 valence electrons. The normalized spacial score (nSPS) is 17.2. The van der Waals surface area contributed by atoms with Crippen LogP contribution in [0, 0.1) is 0 Å². The molecular formula is C19H19N3OS. The first-order valence-corrected chi connectivity index (χ1v) is 8.98. The number of benzene rings is 2. The Labute approximate surface area is 144 Å². The Morgan fingerprint density at radius 2 is 1.92 bits per heavy atom. The van der Waals surface area contributed by atoms with Crippen molar-refractivity contribution in [3.05, 3.63) is 63.9 Å². The predicted octanol–water partition coefficient (Wildman–Crippen LogP) is 4.80. The van der Waals surface area contributed by atoms with Crippen LogP contribution in [0.4, 0.5) is 5.82 Å². The van der Waals surface area contributed by atoms with Crippen molar-refractivity contribution in [3.63, 3.8) is 0 Å². The van der Waals surface area contributed by atoms with Crippen LogP contribution in [0.5, 0.6) is 0 Å². The minimum atomic E-state index is -0.0413. The van der Waals surface area contributed by atoms with Gasteiger partial charge in [-0.2, -0.15) is 0 Å². The third kappa shape index (κ3) is 2.31. The Morgan fingerprint density at radius 3 is 2.71 bits per heavy atom. The van der Waals surface area contributed by atoms with Gasteiger partial charge < -0.3 is 0 Å². The number of nitrogens with one attached hydrogen (secondary N) is 1. The number of rotatable bonds is 2. The molecular weight excluding hydrogens is 318 g/mol. The summed E-state index contributed by atoms with van der Waals surface area (Å²) >= 11 is 1.65. The lowest BCUT2D eigenvalue weighted by atomic mass is 9.99. The van der Waals surface area contributed by atoms with E-state index in [9.17, 15) is 4.79 Å². The second kappa shape index (κ2) is 5.67. The SMILES string of the molecule is CC1=Nc2c(c(=O)[nH]n2C(C)C)C(c2cccc3ccccc23)S1. The number of thioether (sulfide) groups is 1. The first-order chi connectivity index (χ1) is 11.6. The van der Waals surface area contributed by atoms with E-state index in [1.807, 2.05) is 23.7 Å². The van der Waals surface area contributed by atoms with E-state index in [2.05, 4.69) is 54.3 Å². The van der Waals surface area contributed by atoms with Crippen molar-refractivity contribution >= 4 is 33.4 Å². The number of H-pyrrole nitrogens is 1. The largest absolute Gasteiger partial charge is 0.271 e. The van der Waals surface area contributed by atoms with Crippen molar-refractivity contribution < 1.29 is 0 Å². The van der Waals surface area contributed by atoms with Crippen molar-refractivity contribution in [2.24, 2.45) is 4.99 Å². The van der Waals surface area contributed by atoms with Gasteiger partial charge in [-0.25, -0.2) is 4.99 Å². The highest BCUT2D eigenvalue weighted by molar-refractivity contribution is 8.14. The molecule has 4 nitrogen and oxygen atoms in total. The third-order valence-electron chi connectivity index (χ3n) is 4.37. The zero-order chi connectivity index (χ0) is 16.8. The second-order valence-corrected chi connectivity index (χ2v) is 7.64. The highest BCUT2D eigenvalue weighted by atomic mass is 32.2. The van der Waals surface area contributed by atoms with Gasteiger partial charge in [0.1, 0.15) is 0 Å². The lowest BCUT2D eigenvalue weighted by molar-refractivity contribution is 0.533. The van der Waals surface area contributed by atoms with E-state index in [0.717, 1.165) is 16.4 Å². The summed E-state index contributed by atoms with van der Waals surface area (Å²) in [7, 11) is 0. The van der Waals surface area contributed by atoms with E-state index in [1.54, 1.807) is 11.8 Å². The van der Waals surface area contributed by atoms with Crippen molar-refractivity contribution in [3.8, 4) is 0 Å². The number of hydrogen-bond donors (Lipinski definition) is 1. The van der Waals surface area contributed by atoms with Crippen LogP contribution in [0.15, 0.2) is 52.3 Å². The van der Waals surface area contributed by atoms with E-state index < -0.39 is 0 Å². The average Bonchev–Trinajstić information content (AvgIpc) is 2.90. The van der Waals surface area contributed by atoms with Gasteiger partial charge in [0, 0.05) is 6.04 Å². The zero-order valence-electron chi connectivity index (χ0n) is 13.9. The molecule has 0 amide bonds. The van der Waals surface area contributed by atoms with Crippen LogP contribution in [0.2, 0.25) is 0 Å². The molecule has 1 unspecified atom stereocenters. The van der Waals surface area contributed by atoms with Crippen LogP contribution in [0.25, 0.3) is 10.8 Å². The van der Waals surface area contributed by atoms with Gasteiger partial charge in [0.05, 0.1) is 15.9 Å². The topological polar surface area (TPSA) is 50.1 Å². The Balaban J connectivity index is 1.99. The summed E-state index contributed by atoms with van der Waals surface area (Å²) < 4.78 is 1.87. The number of aliphatic imine (C=N–C) groups is 1. The lowest BCUT2D eigenvalue weighted by Crippen LogP contribution is -2.13. The first-order valence-electron chi connectivity index (χ1n) is 8.10. The summed E-state index contributed by atoms with van der Waals surface area (Å²) in [5.41, 5.74) is 1.89. The molecule has 4 rings (SSSR count). The fourth-order valence-electron chi connectivity index (χ4n) is 3.28. The van der Waals surface area contributed by atoms with Crippen LogP contribution in [-0.4, -0.2) is 14.8 Å². The van der Waals surface area contributed by atoms with Gasteiger partial charge >= 0.3 is 0 Å². The first kappa shape index (κ1) is 15.3. The van der Waals surface area contributed by atoms with Crippen LogP contribution in [-0.2, 0) is 0 Å². The van der Waals surface area contributed by atoms with Crippen molar-refractivity contribution in [2.45, 2.75) is 32.1 Å². The molecule has 0 spiro atoms. The second-order valence-electron chi connectivity index (χ2n) is 6.34. The molecule has 2 aromatic carbocycles. The summed E-state index contributed by atoms with van der Waals surface area (Å²) in [5.74, 6) is 0.768. The van der Waals surface area contributed by atoms with E-state index in [0.29, 0.717) is 0 Å². The van der Waals surface area contributed by atoms with E-state index in [4.69, 9.17) is 0 Å².